The number of fused-ring (bicyclic) bond motifs is 1. The fraction of sp³-hybridized carbons (Fsp3) is 0.100. The molecule has 0 aliphatic carbocycles. The molecule has 0 bridgehead atoms. The second-order valence-electron chi connectivity index (χ2n) is 2.98. The Hall–Kier alpha value is -1.64. The van der Waals surface area contributed by atoms with E-state index in [-0.39, 0.29) is 5.82 Å². The fourth-order valence-electron chi connectivity index (χ4n) is 1.40. The van der Waals surface area contributed by atoms with E-state index in [1.54, 1.807) is 19.1 Å². The van der Waals surface area contributed by atoms with Crippen LogP contribution in [0.2, 0.25) is 0 Å². The van der Waals surface area contributed by atoms with Gasteiger partial charge in [0.15, 0.2) is 6.29 Å². The summed E-state index contributed by atoms with van der Waals surface area (Å²) in [5.74, 6) is -0.258. The highest BCUT2D eigenvalue weighted by Gasteiger charge is 2.05. The topological polar surface area (TPSA) is 32.9 Å². The average Bonchev–Trinajstić information content (AvgIpc) is 2.55. The molecule has 0 unspecified atom stereocenters. The predicted octanol–water partition coefficient (Wildman–Crippen LogP) is 2.43. The molecule has 3 heteroatoms. The van der Waals surface area contributed by atoms with Crippen LogP contribution >= 0.6 is 0 Å². The highest BCUT2D eigenvalue weighted by molar-refractivity contribution is 5.89. The Morgan fingerprint density at radius 2 is 2.23 bits per heavy atom. The Kier molecular flexibility index (Phi) is 1.65. The number of aromatic nitrogens is 1. The number of aromatic amines is 1. The maximum atomic E-state index is 13.1. The SMILES string of the molecule is Cc1c(F)ccc2cc(C=O)[nH]c12. The summed E-state index contributed by atoms with van der Waals surface area (Å²) in [6.45, 7) is 1.68. The molecule has 0 amide bonds. The van der Waals surface area contributed by atoms with Gasteiger partial charge in [-0.25, -0.2) is 4.39 Å². The molecule has 0 aliphatic rings. The van der Waals surface area contributed by atoms with Gasteiger partial charge in [-0.05, 0) is 25.1 Å². The lowest BCUT2D eigenvalue weighted by Crippen LogP contribution is -1.83. The van der Waals surface area contributed by atoms with Gasteiger partial charge < -0.3 is 4.98 Å². The van der Waals surface area contributed by atoms with Crippen LogP contribution in [0.5, 0.6) is 0 Å². The second-order valence-corrected chi connectivity index (χ2v) is 2.98. The van der Waals surface area contributed by atoms with E-state index in [1.807, 2.05) is 0 Å². The van der Waals surface area contributed by atoms with Gasteiger partial charge in [0.2, 0.25) is 0 Å². The molecule has 1 aromatic heterocycles. The average molecular weight is 177 g/mol. The molecular formula is C10H8FNO. The summed E-state index contributed by atoms with van der Waals surface area (Å²) < 4.78 is 13.1. The number of rotatable bonds is 1. The standard InChI is InChI=1S/C10H8FNO/c1-6-9(11)3-2-7-4-8(5-13)12-10(6)7/h2-5,12H,1H3. The van der Waals surface area contributed by atoms with E-state index in [0.29, 0.717) is 16.8 Å². The van der Waals surface area contributed by atoms with Gasteiger partial charge in [-0.3, -0.25) is 4.79 Å². The van der Waals surface area contributed by atoms with Gasteiger partial charge in [-0.15, -0.1) is 0 Å². The number of carbonyl (C=O) groups excluding carboxylic acids is 1. The van der Waals surface area contributed by atoms with Crippen molar-refractivity contribution < 1.29 is 9.18 Å². The zero-order valence-corrected chi connectivity index (χ0v) is 7.10. The van der Waals surface area contributed by atoms with Crippen molar-refractivity contribution in [3.63, 3.8) is 0 Å². The van der Waals surface area contributed by atoms with Gasteiger partial charge in [0, 0.05) is 10.9 Å². The number of nitrogens with one attached hydrogen (secondary N) is 1. The Balaban J connectivity index is 2.83. The van der Waals surface area contributed by atoms with E-state index in [1.165, 1.54) is 6.07 Å². The van der Waals surface area contributed by atoms with Crippen LogP contribution in [0.3, 0.4) is 0 Å². The van der Waals surface area contributed by atoms with E-state index >= 15 is 0 Å². The lowest BCUT2D eigenvalue weighted by Gasteiger charge is -1.96. The third-order valence-corrected chi connectivity index (χ3v) is 2.14. The largest absolute Gasteiger partial charge is 0.352 e. The molecule has 0 fully saturated rings. The van der Waals surface area contributed by atoms with E-state index in [2.05, 4.69) is 4.98 Å². The Morgan fingerprint density at radius 1 is 1.46 bits per heavy atom. The number of benzene rings is 1. The summed E-state index contributed by atoms with van der Waals surface area (Å²) >= 11 is 0. The van der Waals surface area contributed by atoms with Gasteiger partial charge in [-0.1, -0.05) is 0 Å². The number of H-pyrrole nitrogens is 1. The number of hydrogen-bond donors (Lipinski definition) is 1. The van der Waals surface area contributed by atoms with Crippen LogP contribution in [0, 0.1) is 12.7 Å². The molecule has 2 nitrogen and oxygen atoms in total. The Bertz CT molecular complexity index is 473. The summed E-state index contributed by atoms with van der Waals surface area (Å²) in [5.41, 5.74) is 1.72. The summed E-state index contributed by atoms with van der Waals surface area (Å²) in [7, 11) is 0. The first kappa shape index (κ1) is 7.98. The maximum Gasteiger partial charge on any atom is 0.166 e. The van der Waals surface area contributed by atoms with Crippen molar-refractivity contribution in [2.45, 2.75) is 6.92 Å². The zero-order valence-electron chi connectivity index (χ0n) is 7.10. The molecule has 0 saturated carbocycles. The zero-order chi connectivity index (χ0) is 9.42. The van der Waals surface area contributed by atoms with Gasteiger partial charge in [0.25, 0.3) is 0 Å². The van der Waals surface area contributed by atoms with Crippen molar-refractivity contribution >= 4 is 17.2 Å². The van der Waals surface area contributed by atoms with Gasteiger partial charge in [0.05, 0.1) is 11.2 Å². The van der Waals surface area contributed by atoms with Crippen LogP contribution in [-0.2, 0) is 0 Å². The van der Waals surface area contributed by atoms with E-state index in [9.17, 15) is 9.18 Å². The van der Waals surface area contributed by atoms with Crippen molar-refractivity contribution in [2.75, 3.05) is 0 Å². The van der Waals surface area contributed by atoms with Crippen LogP contribution in [0.15, 0.2) is 18.2 Å². The molecule has 0 spiro atoms. The van der Waals surface area contributed by atoms with Crippen LogP contribution in [0.4, 0.5) is 4.39 Å². The molecule has 0 atom stereocenters. The second kappa shape index (κ2) is 2.69. The summed E-state index contributed by atoms with van der Waals surface area (Å²) in [6, 6.07) is 4.76. The van der Waals surface area contributed by atoms with Crippen LogP contribution in [-0.4, -0.2) is 11.3 Å². The third kappa shape index (κ3) is 1.13. The van der Waals surface area contributed by atoms with Crippen molar-refractivity contribution in [1.82, 2.24) is 4.98 Å². The normalized spacial score (nSPS) is 10.6. The highest BCUT2D eigenvalue weighted by Crippen LogP contribution is 2.20. The molecule has 0 saturated heterocycles. The molecule has 2 aromatic rings. The van der Waals surface area contributed by atoms with Gasteiger partial charge in [0.1, 0.15) is 5.82 Å². The van der Waals surface area contributed by atoms with Gasteiger partial charge >= 0.3 is 0 Å². The molecule has 1 aromatic carbocycles. The van der Waals surface area contributed by atoms with E-state index < -0.39 is 0 Å². The van der Waals surface area contributed by atoms with Crippen LogP contribution in [0.25, 0.3) is 10.9 Å². The number of halogens is 1. The molecule has 2 rings (SSSR count). The number of hydrogen-bond acceptors (Lipinski definition) is 1. The predicted molar refractivity (Wildman–Crippen MR) is 48.4 cm³/mol. The molecule has 1 heterocycles. The Labute approximate surface area is 74.4 Å². The lowest BCUT2D eigenvalue weighted by molar-refractivity contribution is 0.112. The first-order valence-electron chi connectivity index (χ1n) is 3.95. The smallest absolute Gasteiger partial charge is 0.166 e. The van der Waals surface area contributed by atoms with E-state index in [4.69, 9.17) is 0 Å². The molecule has 0 radical (unpaired) electrons. The monoisotopic (exact) mass is 177 g/mol. The molecule has 13 heavy (non-hydrogen) atoms. The van der Waals surface area contributed by atoms with E-state index in [0.717, 1.165) is 11.7 Å². The molecular weight excluding hydrogens is 169 g/mol. The van der Waals surface area contributed by atoms with Gasteiger partial charge in [-0.2, -0.15) is 0 Å². The summed E-state index contributed by atoms with van der Waals surface area (Å²) in [5, 5.41) is 0.862. The van der Waals surface area contributed by atoms with Crippen LogP contribution in [0.1, 0.15) is 16.1 Å². The minimum absolute atomic E-state index is 0.258. The van der Waals surface area contributed by atoms with Crippen molar-refractivity contribution in [1.29, 1.82) is 0 Å². The number of aryl methyl sites for hydroxylation is 1. The fourth-order valence-corrected chi connectivity index (χ4v) is 1.40. The first-order chi connectivity index (χ1) is 6.22. The van der Waals surface area contributed by atoms with Crippen molar-refractivity contribution in [3.8, 4) is 0 Å². The summed E-state index contributed by atoms with van der Waals surface area (Å²) in [6.07, 6.45) is 0.720. The van der Waals surface area contributed by atoms with Crippen LogP contribution < -0.4 is 0 Å². The number of aldehydes is 1. The Morgan fingerprint density at radius 3 is 2.92 bits per heavy atom. The molecule has 0 aliphatic heterocycles. The first-order valence-corrected chi connectivity index (χ1v) is 3.95. The summed E-state index contributed by atoms with van der Waals surface area (Å²) in [4.78, 5) is 13.3. The molecule has 66 valence electrons. The lowest BCUT2D eigenvalue weighted by atomic mass is 10.1. The number of carbonyl (C=O) groups is 1. The highest BCUT2D eigenvalue weighted by atomic mass is 19.1. The maximum absolute atomic E-state index is 13.1. The minimum atomic E-state index is -0.258. The minimum Gasteiger partial charge on any atom is -0.352 e. The van der Waals surface area contributed by atoms with Crippen molar-refractivity contribution in [3.05, 3.63) is 35.3 Å². The molecule has 1 N–H and O–H groups in total. The quantitative estimate of drug-likeness (QED) is 0.666. The third-order valence-electron chi connectivity index (χ3n) is 2.14. The van der Waals surface area contributed by atoms with Crippen molar-refractivity contribution in [2.24, 2.45) is 0 Å².